The van der Waals surface area contributed by atoms with Gasteiger partial charge in [-0.15, -0.1) is 0 Å². The van der Waals surface area contributed by atoms with E-state index in [4.69, 9.17) is 0 Å². The molecule has 0 saturated carbocycles. The molecule has 2 heterocycles. The maximum atomic E-state index is 12.4. The van der Waals surface area contributed by atoms with Crippen molar-refractivity contribution in [1.82, 2.24) is 9.55 Å². The summed E-state index contributed by atoms with van der Waals surface area (Å²) in [4.78, 5) is 19.2. The molecule has 1 aromatic heterocycles. The Hall–Kier alpha value is -2.73. The summed E-state index contributed by atoms with van der Waals surface area (Å²) in [5, 5.41) is 3.85. The Balaban J connectivity index is 1.28. The van der Waals surface area contributed by atoms with Gasteiger partial charge in [0.1, 0.15) is 0 Å². The third kappa shape index (κ3) is 5.45. The normalized spacial score (nSPS) is 14.6. The minimum atomic E-state index is -0.0196. The summed E-state index contributed by atoms with van der Waals surface area (Å²) in [7, 11) is 0. The fourth-order valence-electron chi connectivity index (χ4n) is 3.69. The summed E-state index contributed by atoms with van der Waals surface area (Å²) < 4.78 is 2.07. The topological polar surface area (TPSA) is 50.2 Å². The van der Waals surface area contributed by atoms with E-state index in [0.29, 0.717) is 5.75 Å². The molecule has 1 N–H and O–H groups in total. The van der Waals surface area contributed by atoms with Gasteiger partial charge in [-0.2, -0.15) is 0 Å². The maximum absolute atomic E-state index is 12.4. The highest BCUT2D eigenvalue weighted by atomic mass is 32.2. The van der Waals surface area contributed by atoms with E-state index in [0.717, 1.165) is 36.4 Å². The number of imidazole rings is 1. The van der Waals surface area contributed by atoms with E-state index in [2.05, 4.69) is 51.0 Å². The van der Waals surface area contributed by atoms with Crippen molar-refractivity contribution in [3.05, 3.63) is 72.6 Å². The van der Waals surface area contributed by atoms with Crippen molar-refractivity contribution in [3.8, 4) is 0 Å². The number of piperidine rings is 1. The van der Waals surface area contributed by atoms with Gasteiger partial charge in [-0.05, 0) is 48.6 Å². The predicted molar refractivity (Wildman–Crippen MR) is 124 cm³/mol. The highest BCUT2D eigenvalue weighted by Crippen LogP contribution is 2.24. The highest BCUT2D eigenvalue weighted by molar-refractivity contribution is 7.99. The van der Waals surface area contributed by atoms with Gasteiger partial charge in [-0.3, -0.25) is 4.79 Å². The largest absolute Gasteiger partial charge is 0.372 e. The number of benzene rings is 2. The van der Waals surface area contributed by atoms with Crippen LogP contribution < -0.4 is 10.2 Å². The first kappa shape index (κ1) is 20.5. The van der Waals surface area contributed by atoms with Crippen LogP contribution in [0.15, 0.2) is 72.1 Å². The van der Waals surface area contributed by atoms with Gasteiger partial charge in [-0.25, -0.2) is 4.98 Å². The van der Waals surface area contributed by atoms with Crippen LogP contribution in [0.25, 0.3) is 0 Å². The van der Waals surface area contributed by atoms with Gasteiger partial charge in [-0.1, -0.05) is 49.0 Å². The van der Waals surface area contributed by atoms with Crippen LogP contribution in [0.3, 0.4) is 0 Å². The van der Waals surface area contributed by atoms with Crippen LogP contribution in [0, 0.1) is 5.92 Å². The summed E-state index contributed by atoms with van der Waals surface area (Å²) in [6.07, 6.45) is 6.22. The number of carbonyl (C=O) groups is 1. The Kier molecular flexibility index (Phi) is 6.74. The zero-order chi connectivity index (χ0) is 20.8. The minimum Gasteiger partial charge on any atom is -0.372 e. The summed E-state index contributed by atoms with van der Waals surface area (Å²) in [6.45, 7) is 5.29. The predicted octanol–water partition coefficient (Wildman–Crippen LogP) is 4.90. The molecule has 1 aliphatic heterocycles. The van der Waals surface area contributed by atoms with Crippen LogP contribution >= 0.6 is 11.8 Å². The van der Waals surface area contributed by atoms with Gasteiger partial charge in [0.05, 0.1) is 5.75 Å². The first-order chi connectivity index (χ1) is 14.7. The van der Waals surface area contributed by atoms with Gasteiger partial charge in [0.2, 0.25) is 5.91 Å². The average Bonchev–Trinajstić information content (AvgIpc) is 3.21. The molecule has 0 atom stereocenters. The molecule has 156 valence electrons. The molecular weight excluding hydrogens is 392 g/mol. The van der Waals surface area contributed by atoms with Gasteiger partial charge in [0.15, 0.2) is 5.16 Å². The van der Waals surface area contributed by atoms with E-state index < -0.39 is 0 Å². The van der Waals surface area contributed by atoms with Crippen LogP contribution in [-0.4, -0.2) is 34.3 Å². The summed E-state index contributed by atoms with van der Waals surface area (Å²) in [5.74, 6) is 1.13. The Morgan fingerprint density at radius 2 is 1.83 bits per heavy atom. The lowest BCUT2D eigenvalue weighted by Crippen LogP contribution is -2.32. The van der Waals surface area contributed by atoms with Crippen LogP contribution in [0.4, 0.5) is 11.4 Å². The van der Waals surface area contributed by atoms with Gasteiger partial charge in [0, 0.05) is 43.4 Å². The monoisotopic (exact) mass is 420 g/mol. The summed E-state index contributed by atoms with van der Waals surface area (Å²) in [5.41, 5.74) is 3.28. The quantitative estimate of drug-likeness (QED) is 0.553. The van der Waals surface area contributed by atoms with Crippen molar-refractivity contribution >= 4 is 29.0 Å². The van der Waals surface area contributed by atoms with Crippen molar-refractivity contribution in [1.29, 1.82) is 0 Å². The molecule has 0 bridgehead atoms. The Labute approximate surface area is 182 Å². The zero-order valence-electron chi connectivity index (χ0n) is 17.3. The van der Waals surface area contributed by atoms with E-state index in [-0.39, 0.29) is 5.91 Å². The number of amides is 1. The van der Waals surface area contributed by atoms with Crippen LogP contribution in [-0.2, 0) is 11.3 Å². The molecule has 2 aromatic carbocycles. The van der Waals surface area contributed by atoms with Crippen LogP contribution in [0.2, 0.25) is 0 Å². The first-order valence-electron chi connectivity index (χ1n) is 10.5. The Bertz CT molecular complexity index is 947. The smallest absolute Gasteiger partial charge is 0.234 e. The number of hydrogen-bond donors (Lipinski definition) is 1. The van der Waals surface area contributed by atoms with Crippen LogP contribution in [0.5, 0.6) is 0 Å². The average molecular weight is 421 g/mol. The molecule has 5 nitrogen and oxygen atoms in total. The Morgan fingerprint density at radius 1 is 1.10 bits per heavy atom. The van der Waals surface area contributed by atoms with E-state index in [1.54, 1.807) is 6.20 Å². The fraction of sp³-hybridized carbons (Fsp3) is 0.333. The molecule has 30 heavy (non-hydrogen) atoms. The van der Waals surface area contributed by atoms with Crippen LogP contribution in [0.1, 0.15) is 25.3 Å². The second-order valence-electron chi connectivity index (χ2n) is 7.88. The molecule has 0 aliphatic carbocycles. The third-order valence-corrected chi connectivity index (χ3v) is 6.51. The number of nitrogens with one attached hydrogen (secondary N) is 1. The summed E-state index contributed by atoms with van der Waals surface area (Å²) >= 11 is 1.46. The van der Waals surface area contributed by atoms with Crippen molar-refractivity contribution in [2.75, 3.05) is 29.1 Å². The molecule has 0 unspecified atom stereocenters. The van der Waals surface area contributed by atoms with E-state index in [1.807, 2.05) is 36.5 Å². The fourth-order valence-corrected chi connectivity index (χ4v) is 4.44. The molecule has 0 spiro atoms. The lowest BCUT2D eigenvalue weighted by Gasteiger charge is -2.32. The second-order valence-corrected chi connectivity index (χ2v) is 8.82. The Morgan fingerprint density at radius 3 is 2.57 bits per heavy atom. The van der Waals surface area contributed by atoms with E-state index in [1.165, 1.54) is 35.9 Å². The number of aromatic nitrogens is 2. The molecule has 1 amide bonds. The second kappa shape index (κ2) is 9.85. The molecule has 6 heteroatoms. The van der Waals surface area contributed by atoms with Crippen molar-refractivity contribution in [2.24, 2.45) is 5.92 Å². The number of thioether (sulfide) groups is 1. The summed E-state index contributed by atoms with van der Waals surface area (Å²) in [6, 6.07) is 18.4. The van der Waals surface area contributed by atoms with Crippen molar-refractivity contribution < 1.29 is 4.79 Å². The lowest BCUT2D eigenvalue weighted by molar-refractivity contribution is -0.113. The molecule has 1 aliphatic rings. The number of anilines is 2. The molecular formula is C24H28N4OS. The molecule has 1 saturated heterocycles. The van der Waals surface area contributed by atoms with Gasteiger partial charge >= 0.3 is 0 Å². The molecule has 4 rings (SSSR count). The lowest BCUT2D eigenvalue weighted by atomic mass is 9.99. The van der Waals surface area contributed by atoms with E-state index >= 15 is 0 Å². The SMILES string of the molecule is CC1CCN(c2ccc(NC(=O)CSc3nccn3Cc3ccccc3)cc2)CC1. The van der Waals surface area contributed by atoms with E-state index in [9.17, 15) is 4.79 Å². The third-order valence-electron chi connectivity index (χ3n) is 5.51. The molecule has 3 aromatic rings. The standard InChI is InChI=1S/C24H28N4OS/c1-19-11-14-27(15-12-19)22-9-7-21(8-10-22)26-23(29)18-30-24-25-13-16-28(24)17-20-5-3-2-4-6-20/h2-10,13,16,19H,11-12,14-15,17-18H2,1H3,(H,26,29). The number of rotatable bonds is 7. The van der Waals surface area contributed by atoms with Crippen molar-refractivity contribution in [2.45, 2.75) is 31.5 Å². The van der Waals surface area contributed by atoms with Crippen molar-refractivity contribution in [3.63, 3.8) is 0 Å². The molecule has 1 fully saturated rings. The number of hydrogen-bond acceptors (Lipinski definition) is 4. The first-order valence-corrected chi connectivity index (χ1v) is 11.5. The highest BCUT2D eigenvalue weighted by Gasteiger charge is 2.16. The minimum absolute atomic E-state index is 0.0196. The number of nitrogens with zero attached hydrogens (tertiary/aromatic N) is 3. The van der Waals surface area contributed by atoms with Gasteiger partial charge in [0.25, 0.3) is 0 Å². The number of carbonyl (C=O) groups excluding carboxylic acids is 1. The molecule has 0 radical (unpaired) electrons. The van der Waals surface area contributed by atoms with Gasteiger partial charge < -0.3 is 14.8 Å². The maximum Gasteiger partial charge on any atom is 0.234 e. The zero-order valence-corrected chi connectivity index (χ0v) is 18.1.